The molecule has 0 bridgehead atoms. The van der Waals surface area contributed by atoms with E-state index in [9.17, 15) is 4.79 Å². The standard InChI is InChI=1S/C17H15N5O2/c1-22-8-13(7-19-22)17(9-24-10-17)21-16(23)15-5-12-4-11(6-18)2-3-14(12)20-15/h2-5,7-8,20H,9-10H2,1H3,(H,21,23). The largest absolute Gasteiger partial charge is 0.376 e. The number of carbonyl (C=O) groups excluding carboxylic acids is 1. The van der Waals surface area contributed by atoms with E-state index in [4.69, 9.17) is 10.00 Å². The summed E-state index contributed by atoms with van der Waals surface area (Å²) in [6.45, 7) is 0.840. The molecule has 0 saturated carbocycles. The number of H-pyrrole nitrogens is 1. The third-order valence-electron chi connectivity index (χ3n) is 4.30. The molecular weight excluding hydrogens is 306 g/mol. The molecule has 24 heavy (non-hydrogen) atoms. The zero-order valence-electron chi connectivity index (χ0n) is 13.0. The molecule has 1 saturated heterocycles. The molecule has 4 rings (SSSR count). The lowest BCUT2D eigenvalue weighted by Gasteiger charge is -2.41. The van der Waals surface area contributed by atoms with Crippen molar-refractivity contribution in [2.24, 2.45) is 7.05 Å². The SMILES string of the molecule is Cn1cc(C2(NC(=O)c3cc4cc(C#N)ccc4[nH]3)COC2)cn1. The van der Waals surface area contributed by atoms with Crippen molar-refractivity contribution in [2.45, 2.75) is 5.54 Å². The predicted molar refractivity (Wildman–Crippen MR) is 86.2 cm³/mol. The van der Waals surface area contributed by atoms with Crippen LogP contribution in [0.4, 0.5) is 0 Å². The van der Waals surface area contributed by atoms with Gasteiger partial charge >= 0.3 is 0 Å². The van der Waals surface area contributed by atoms with Crippen molar-refractivity contribution in [1.29, 1.82) is 5.26 Å². The van der Waals surface area contributed by atoms with Gasteiger partial charge in [0.25, 0.3) is 5.91 Å². The Morgan fingerprint density at radius 3 is 2.92 bits per heavy atom. The zero-order chi connectivity index (χ0) is 16.7. The highest BCUT2D eigenvalue weighted by molar-refractivity contribution is 5.98. The second-order valence-corrected chi connectivity index (χ2v) is 6.03. The van der Waals surface area contributed by atoms with Crippen LogP contribution in [0.2, 0.25) is 0 Å². The summed E-state index contributed by atoms with van der Waals surface area (Å²) in [6.07, 6.45) is 3.63. The molecule has 0 atom stereocenters. The van der Waals surface area contributed by atoms with E-state index in [1.54, 1.807) is 35.1 Å². The fourth-order valence-corrected chi connectivity index (χ4v) is 2.89. The number of hydrogen-bond acceptors (Lipinski definition) is 4. The first kappa shape index (κ1) is 14.5. The minimum atomic E-state index is -0.541. The normalized spacial score (nSPS) is 15.7. The number of benzene rings is 1. The average Bonchev–Trinajstić information content (AvgIpc) is 3.16. The van der Waals surface area contributed by atoms with Gasteiger partial charge in [0.15, 0.2) is 0 Å². The van der Waals surface area contributed by atoms with E-state index >= 15 is 0 Å². The third kappa shape index (κ3) is 2.25. The molecule has 1 amide bonds. The lowest BCUT2D eigenvalue weighted by atomic mass is 9.90. The molecule has 1 fully saturated rings. The number of nitriles is 1. The van der Waals surface area contributed by atoms with E-state index in [0.29, 0.717) is 24.5 Å². The molecule has 0 aliphatic carbocycles. The molecule has 7 heteroatoms. The number of aryl methyl sites for hydroxylation is 1. The zero-order valence-corrected chi connectivity index (χ0v) is 13.0. The van der Waals surface area contributed by atoms with Crippen LogP contribution >= 0.6 is 0 Å². The van der Waals surface area contributed by atoms with Crippen molar-refractivity contribution in [3.63, 3.8) is 0 Å². The summed E-state index contributed by atoms with van der Waals surface area (Å²) < 4.78 is 7.03. The fourth-order valence-electron chi connectivity index (χ4n) is 2.89. The van der Waals surface area contributed by atoms with Crippen LogP contribution in [-0.2, 0) is 17.3 Å². The molecule has 3 heterocycles. The van der Waals surface area contributed by atoms with E-state index in [2.05, 4.69) is 21.5 Å². The Morgan fingerprint density at radius 2 is 2.29 bits per heavy atom. The second-order valence-electron chi connectivity index (χ2n) is 6.03. The number of fused-ring (bicyclic) bond motifs is 1. The van der Waals surface area contributed by atoms with Crippen LogP contribution in [0.3, 0.4) is 0 Å². The lowest BCUT2D eigenvalue weighted by Crippen LogP contribution is -2.59. The Labute approximate surface area is 137 Å². The molecule has 1 aromatic carbocycles. The number of aromatic amines is 1. The third-order valence-corrected chi connectivity index (χ3v) is 4.30. The van der Waals surface area contributed by atoms with Crippen molar-refractivity contribution in [3.05, 3.63) is 53.5 Å². The van der Waals surface area contributed by atoms with Gasteiger partial charge in [0.2, 0.25) is 0 Å². The van der Waals surface area contributed by atoms with E-state index in [-0.39, 0.29) is 5.91 Å². The molecule has 1 aliphatic rings. The van der Waals surface area contributed by atoms with Gasteiger partial charge in [-0.25, -0.2) is 0 Å². The van der Waals surface area contributed by atoms with Crippen LogP contribution in [0, 0.1) is 11.3 Å². The molecule has 120 valence electrons. The summed E-state index contributed by atoms with van der Waals surface area (Å²) in [7, 11) is 1.84. The summed E-state index contributed by atoms with van der Waals surface area (Å²) in [5.74, 6) is -0.211. The Hall–Kier alpha value is -3.11. The highest BCUT2D eigenvalue weighted by Gasteiger charge is 2.43. The van der Waals surface area contributed by atoms with Gasteiger partial charge in [0, 0.05) is 29.7 Å². The molecule has 2 N–H and O–H groups in total. The minimum absolute atomic E-state index is 0.211. The van der Waals surface area contributed by atoms with Gasteiger partial charge in [-0.3, -0.25) is 9.48 Å². The first-order chi connectivity index (χ1) is 11.6. The summed E-state index contributed by atoms with van der Waals surface area (Å²) in [5.41, 5.74) is 2.22. The Bertz CT molecular complexity index is 974. The lowest BCUT2D eigenvalue weighted by molar-refractivity contribution is -0.0734. The smallest absolute Gasteiger partial charge is 0.268 e. The average molecular weight is 321 g/mol. The molecular formula is C17H15N5O2. The van der Waals surface area contributed by atoms with E-state index in [1.807, 2.05) is 13.2 Å². The van der Waals surface area contributed by atoms with Crippen molar-refractivity contribution >= 4 is 16.8 Å². The summed E-state index contributed by atoms with van der Waals surface area (Å²) in [5, 5.41) is 17.0. The topological polar surface area (TPSA) is 95.7 Å². The maximum atomic E-state index is 12.7. The van der Waals surface area contributed by atoms with Gasteiger partial charge in [0.1, 0.15) is 11.2 Å². The highest BCUT2D eigenvalue weighted by Crippen LogP contribution is 2.30. The van der Waals surface area contributed by atoms with E-state index < -0.39 is 5.54 Å². The van der Waals surface area contributed by atoms with Crippen LogP contribution < -0.4 is 5.32 Å². The monoisotopic (exact) mass is 321 g/mol. The molecule has 0 radical (unpaired) electrons. The van der Waals surface area contributed by atoms with Crippen LogP contribution in [0.1, 0.15) is 21.6 Å². The summed E-state index contributed by atoms with van der Waals surface area (Å²) >= 11 is 0. The van der Waals surface area contributed by atoms with Crippen LogP contribution in [0.25, 0.3) is 10.9 Å². The number of amides is 1. The van der Waals surface area contributed by atoms with Gasteiger partial charge < -0.3 is 15.0 Å². The summed E-state index contributed by atoms with van der Waals surface area (Å²) in [4.78, 5) is 15.8. The van der Waals surface area contributed by atoms with Gasteiger partial charge in [-0.1, -0.05) is 0 Å². The van der Waals surface area contributed by atoms with E-state index in [1.165, 1.54) is 0 Å². The molecule has 0 spiro atoms. The van der Waals surface area contributed by atoms with Crippen LogP contribution in [0.5, 0.6) is 0 Å². The molecule has 0 unspecified atom stereocenters. The molecule has 3 aromatic rings. The predicted octanol–water partition coefficient (Wildman–Crippen LogP) is 1.43. The van der Waals surface area contributed by atoms with Crippen molar-refractivity contribution in [2.75, 3.05) is 13.2 Å². The Balaban J connectivity index is 1.63. The number of ether oxygens (including phenoxy) is 1. The number of aromatic nitrogens is 3. The molecule has 2 aromatic heterocycles. The highest BCUT2D eigenvalue weighted by atomic mass is 16.5. The number of hydrogen-bond donors (Lipinski definition) is 2. The van der Waals surface area contributed by atoms with Crippen LogP contribution in [0.15, 0.2) is 36.7 Å². The number of nitrogens with zero attached hydrogens (tertiary/aromatic N) is 3. The Kier molecular flexibility index (Phi) is 3.15. The first-order valence-corrected chi connectivity index (χ1v) is 7.52. The second kappa shape index (κ2) is 5.22. The quantitative estimate of drug-likeness (QED) is 0.763. The van der Waals surface area contributed by atoms with E-state index in [0.717, 1.165) is 16.5 Å². The van der Waals surface area contributed by atoms with Gasteiger partial charge in [0.05, 0.1) is 31.0 Å². The van der Waals surface area contributed by atoms with Gasteiger partial charge in [-0.2, -0.15) is 10.4 Å². The molecule has 1 aliphatic heterocycles. The number of rotatable bonds is 3. The minimum Gasteiger partial charge on any atom is -0.376 e. The number of nitrogens with one attached hydrogen (secondary N) is 2. The maximum absolute atomic E-state index is 12.7. The van der Waals surface area contributed by atoms with Crippen LogP contribution in [-0.4, -0.2) is 33.9 Å². The summed E-state index contributed by atoms with van der Waals surface area (Å²) in [6, 6.07) is 9.12. The van der Waals surface area contributed by atoms with Crippen molar-refractivity contribution < 1.29 is 9.53 Å². The maximum Gasteiger partial charge on any atom is 0.268 e. The van der Waals surface area contributed by atoms with Gasteiger partial charge in [-0.15, -0.1) is 0 Å². The molecule has 7 nitrogen and oxygen atoms in total. The Morgan fingerprint density at radius 1 is 1.46 bits per heavy atom. The van der Waals surface area contributed by atoms with Crippen molar-refractivity contribution in [1.82, 2.24) is 20.1 Å². The fraction of sp³-hybridized carbons (Fsp3) is 0.235. The van der Waals surface area contributed by atoms with Crippen molar-refractivity contribution in [3.8, 4) is 6.07 Å². The van der Waals surface area contributed by atoms with Gasteiger partial charge in [-0.05, 0) is 24.3 Å². The number of carbonyl (C=O) groups is 1. The first-order valence-electron chi connectivity index (χ1n) is 7.52.